The maximum absolute atomic E-state index is 12.3. The second kappa shape index (κ2) is 6.71. The topological polar surface area (TPSA) is 42.4 Å². The molecule has 0 aliphatic heterocycles. The normalized spacial score (nSPS) is 11.2. The first-order valence-electron chi connectivity index (χ1n) is 7.36. The fourth-order valence-electron chi connectivity index (χ4n) is 2.14. The highest BCUT2D eigenvalue weighted by Crippen LogP contribution is 2.28. The summed E-state index contributed by atoms with van der Waals surface area (Å²) >= 11 is 3.39. The molecule has 2 rings (SSSR count). The highest BCUT2D eigenvalue weighted by atomic mass is 79.9. The van der Waals surface area contributed by atoms with E-state index in [4.69, 9.17) is 4.74 Å². The average Bonchev–Trinajstić information content (AvgIpc) is 2.44. The lowest BCUT2D eigenvalue weighted by atomic mass is 10.0. The summed E-state index contributed by atoms with van der Waals surface area (Å²) < 4.78 is 6.20. The number of hydrogen-bond acceptors (Lipinski definition) is 3. The van der Waals surface area contributed by atoms with Gasteiger partial charge in [-0.15, -0.1) is 0 Å². The number of benzene rings is 1. The molecule has 4 nitrogen and oxygen atoms in total. The van der Waals surface area contributed by atoms with Crippen molar-refractivity contribution < 1.29 is 9.53 Å². The van der Waals surface area contributed by atoms with Crippen LogP contribution in [0.15, 0.2) is 41.1 Å². The Morgan fingerprint density at radius 2 is 1.87 bits per heavy atom. The Kier molecular flexibility index (Phi) is 5.09. The van der Waals surface area contributed by atoms with E-state index in [1.54, 1.807) is 13.2 Å². The Hall–Kier alpha value is -1.88. The summed E-state index contributed by atoms with van der Waals surface area (Å²) in [5.41, 5.74) is 3.41. The van der Waals surface area contributed by atoms with Crippen LogP contribution in [0.4, 0.5) is 10.5 Å². The van der Waals surface area contributed by atoms with Crippen LogP contribution in [0.1, 0.15) is 26.3 Å². The maximum atomic E-state index is 12.3. The van der Waals surface area contributed by atoms with Crippen LogP contribution in [0.3, 0.4) is 0 Å². The quantitative estimate of drug-likeness (QED) is 0.677. The van der Waals surface area contributed by atoms with Crippen LogP contribution in [0, 0.1) is 6.92 Å². The molecule has 1 heterocycles. The van der Waals surface area contributed by atoms with Crippen LogP contribution in [0.5, 0.6) is 0 Å². The third-order valence-electron chi connectivity index (χ3n) is 3.18. The zero-order valence-corrected chi connectivity index (χ0v) is 15.6. The zero-order valence-electron chi connectivity index (χ0n) is 14.1. The summed E-state index contributed by atoms with van der Waals surface area (Å²) in [5.74, 6) is 0. The Balaban J connectivity index is 2.35. The fourth-order valence-corrected chi connectivity index (χ4v) is 2.51. The van der Waals surface area contributed by atoms with Gasteiger partial charge in [-0.1, -0.05) is 6.07 Å². The Labute approximate surface area is 145 Å². The van der Waals surface area contributed by atoms with Crippen molar-refractivity contribution in [3.05, 3.63) is 46.7 Å². The molecule has 23 heavy (non-hydrogen) atoms. The molecule has 0 aliphatic carbocycles. The summed E-state index contributed by atoms with van der Waals surface area (Å²) in [5, 5.41) is 0. The molecule has 1 aromatic carbocycles. The van der Waals surface area contributed by atoms with Crippen LogP contribution in [0.25, 0.3) is 11.1 Å². The van der Waals surface area contributed by atoms with E-state index in [1.165, 1.54) is 4.90 Å². The molecule has 0 bridgehead atoms. The van der Waals surface area contributed by atoms with E-state index in [-0.39, 0.29) is 6.09 Å². The standard InChI is InChI=1S/C18H21BrN2O2/c1-12-8-14(13-6-7-20-16(19)11-13)10-15(9-12)21(5)17(22)23-18(2,3)4/h6-11H,1-5H3. The molecule has 0 radical (unpaired) electrons. The number of rotatable bonds is 2. The van der Waals surface area contributed by atoms with E-state index in [0.717, 1.165) is 27.0 Å². The Morgan fingerprint density at radius 3 is 2.48 bits per heavy atom. The van der Waals surface area contributed by atoms with Gasteiger partial charge in [-0.25, -0.2) is 9.78 Å². The van der Waals surface area contributed by atoms with Gasteiger partial charge in [0.05, 0.1) is 0 Å². The second-order valence-corrected chi connectivity index (χ2v) is 7.28. The number of amides is 1. The van der Waals surface area contributed by atoms with Gasteiger partial charge in [0.15, 0.2) is 0 Å². The van der Waals surface area contributed by atoms with Gasteiger partial charge in [-0.3, -0.25) is 4.90 Å². The molecule has 0 unspecified atom stereocenters. The van der Waals surface area contributed by atoms with E-state index in [9.17, 15) is 4.79 Å². The van der Waals surface area contributed by atoms with Crippen LogP contribution in [-0.2, 0) is 4.74 Å². The van der Waals surface area contributed by atoms with E-state index >= 15 is 0 Å². The molecular formula is C18H21BrN2O2. The van der Waals surface area contributed by atoms with Crippen LogP contribution < -0.4 is 4.90 Å². The van der Waals surface area contributed by atoms with E-state index in [0.29, 0.717) is 0 Å². The number of anilines is 1. The molecule has 0 fully saturated rings. The number of aromatic nitrogens is 1. The third-order valence-corrected chi connectivity index (χ3v) is 3.61. The average molecular weight is 377 g/mol. The van der Waals surface area contributed by atoms with Gasteiger partial charge in [0, 0.05) is 18.9 Å². The second-order valence-electron chi connectivity index (χ2n) is 6.46. The maximum Gasteiger partial charge on any atom is 0.414 e. The molecule has 0 saturated heterocycles. The van der Waals surface area contributed by atoms with Gasteiger partial charge in [0.2, 0.25) is 0 Å². The number of halogens is 1. The van der Waals surface area contributed by atoms with E-state index < -0.39 is 5.60 Å². The molecule has 1 aromatic heterocycles. The number of carbonyl (C=O) groups is 1. The Morgan fingerprint density at radius 1 is 1.17 bits per heavy atom. The molecule has 0 atom stereocenters. The van der Waals surface area contributed by atoms with Crippen molar-refractivity contribution in [2.24, 2.45) is 0 Å². The monoisotopic (exact) mass is 376 g/mol. The van der Waals surface area contributed by atoms with Crippen molar-refractivity contribution in [2.75, 3.05) is 11.9 Å². The predicted molar refractivity (Wildman–Crippen MR) is 96.7 cm³/mol. The lowest BCUT2D eigenvalue weighted by Crippen LogP contribution is -2.34. The number of ether oxygens (including phenoxy) is 1. The lowest BCUT2D eigenvalue weighted by molar-refractivity contribution is 0.0589. The lowest BCUT2D eigenvalue weighted by Gasteiger charge is -2.25. The van der Waals surface area contributed by atoms with Crippen LogP contribution in [0.2, 0.25) is 0 Å². The van der Waals surface area contributed by atoms with Gasteiger partial charge < -0.3 is 4.74 Å². The molecule has 2 aromatic rings. The number of pyridine rings is 1. The predicted octanol–water partition coefficient (Wildman–Crippen LogP) is 5.19. The van der Waals surface area contributed by atoms with Crippen LogP contribution in [-0.4, -0.2) is 23.7 Å². The first-order chi connectivity index (χ1) is 10.7. The van der Waals surface area contributed by atoms with Crippen molar-refractivity contribution in [3.63, 3.8) is 0 Å². The van der Waals surface area contributed by atoms with E-state index in [2.05, 4.69) is 27.0 Å². The van der Waals surface area contributed by atoms with Crippen molar-refractivity contribution in [1.29, 1.82) is 0 Å². The highest BCUT2D eigenvalue weighted by Gasteiger charge is 2.21. The minimum Gasteiger partial charge on any atom is -0.443 e. The molecule has 0 saturated carbocycles. The summed E-state index contributed by atoms with van der Waals surface area (Å²) in [6.45, 7) is 7.57. The van der Waals surface area contributed by atoms with Crippen molar-refractivity contribution in [3.8, 4) is 11.1 Å². The van der Waals surface area contributed by atoms with E-state index in [1.807, 2.05) is 52.0 Å². The summed E-state index contributed by atoms with van der Waals surface area (Å²) in [6.07, 6.45) is 1.38. The number of carbonyl (C=O) groups excluding carboxylic acids is 1. The van der Waals surface area contributed by atoms with Gasteiger partial charge >= 0.3 is 6.09 Å². The molecule has 5 heteroatoms. The molecular weight excluding hydrogens is 356 g/mol. The number of nitrogens with zero attached hydrogens (tertiary/aromatic N) is 2. The Bertz CT molecular complexity index is 723. The molecule has 1 amide bonds. The van der Waals surface area contributed by atoms with Gasteiger partial charge in [-0.05, 0) is 84.6 Å². The molecule has 0 spiro atoms. The van der Waals surface area contributed by atoms with Crippen molar-refractivity contribution in [2.45, 2.75) is 33.3 Å². The number of aryl methyl sites for hydroxylation is 1. The van der Waals surface area contributed by atoms with Gasteiger partial charge in [0.25, 0.3) is 0 Å². The summed E-state index contributed by atoms with van der Waals surface area (Å²) in [6, 6.07) is 9.90. The fraction of sp³-hybridized carbons (Fsp3) is 0.333. The number of hydrogen-bond donors (Lipinski definition) is 0. The van der Waals surface area contributed by atoms with Gasteiger partial charge in [-0.2, -0.15) is 0 Å². The largest absolute Gasteiger partial charge is 0.443 e. The van der Waals surface area contributed by atoms with Crippen molar-refractivity contribution >= 4 is 27.7 Å². The minimum atomic E-state index is -0.520. The molecule has 122 valence electrons. The molecule has 0 N–H and O–H groups in total. The zero-order chi connectivity index (χ0) is 17.2. The van der Waals surface area contributed by atoms with Crippen LogP contribution >= 0.6 is 15.9 Å². The molecule has 0 aliphatic rings. The third kappa shape index (κ3) is 4.79. The summed E-state index contributed by atoms with van der Waals surface area (Å²) in [4.78, 5) is 17.9. The first kappa shape index (κ1) is 17.5. The smallest absolute Gasteiger partial charge is 0.414 e. The van der Waals surface area contributed by atoms with Crippen molar-refractivity contribution in [1.82, 2.24) is 4.98 Å². The highest BCUT2D eigenvalue weighted by molar-refractivity contribution is 9.10. The van der Waals surface area contributed by atoms with Gasteiger partial charge in [0.1, 0.15) is 10.2 Å². The minimum absolute atomic E-state index is 0.370. The SMILES string of the molecule is Cc1cc(-c2ccnc(Br)c2)cc(N(C)C(=O)OC(C)(C)C)c1. The summed E-state index contributed by atoms with van der Waals surface area (Å²) in [7, 11) is 1.72. The first-order valence-corrected chi connectivity index (χ1v) is 8.15.